The average molecular weight is 547 g/mol. The van der Waals surface area contributed by atoms with Crippen LogP contribution in [0.2, 0.25) is 0 Å². The van der Waals surface area contributed by atoms with Gasteiger partial charge >= 0.3 is 6.16 Å². The fraction of sp³-hybridized carbons (Fsp3) is 0.444. The Hall–Kier alpha value is -3.15. The molecule has 11 heteroatoms. The Kier molecular flexibility index (Phi) is 6.87. The maximum Gasteiger partial charge on any atom is 0.511 e. The number of fused-ring (bicyclic) bond motifs is 3. The van der Waals surface area contributed by atoms with E-state index in [1.165, 1.54) is 12.1 Å². The number of carboxylic acid groups (broad SMARTS) is 1. The predicted molar refractivity (Wildman–Crippen MR) is 139 cm³/mol. The van der Waals surface area contributed by atoms with Crippen molar-refractivity contribution in [3.8, 4) is 11.5 Å². The van der Waals surface area contributed by atoms with Crippen LogP contribution in [0.1, 0.15) is 43.7 Å². The fourth-order valence-corrected chi connectivity index (χ4v) is 6.53. The molecule has 38 heavy (non-hydrogen) atoms. The van der Waals surface area contributed by atoms with Crippen molar-refractivity contribution < 1.29 is 37.3 Å². The van der Waals surface area contributed by atoms with Crippen LogP contribution in [0.5, 0.6) is 11.5 Å². The lowest BCUT2D eigenvalue weighted by Crippen LogP contribution is -2.33. The lowest BCUT2D eigenvalue weighted by atomic mass is 9.90. The first kappa shape index (κ1) is 26.5. The summed E-state index contributed by atoms with van der Waals surface area (Å²) in [5.41, 5.74) is 0.0736. The number of hydrogen-bond donors (Lipinski definition) is 3. The van der Waals surface area contributed by atoms with Crippen molar-refractivity contribution in [1.82, 2.24) is 4.90 Å². The van der Waals surface area contributed by atoms with Gasteiger partial charge in [-0.15, -0.1) is 0 Å². The van der Waals surface area contributed by atoms with Crippen LogP contribution in [0.3, 0.4) is 0 Å². The van der Waals surface area contributed by atoms with E-state index < -0.39 is 27.6 Å². The second-order valence-corrected chi connectivity index (χ2v) is 12.4. The van der Waals surface area contributed by atoms with E-state index in [4.69, 9.17) is 9.47 Å². The number of rotatable bonds is 8. The maximum atomic E-state index is 14.1. The molecular weight excluding hydrogens is 515 g/mol. The standard InChI is InChI=1S/C27H31FN2O7S/c1-27(2,33)18-9-11-30(14-18)10-3-4-16-12-19(28)5-8-23(16)38(34,35)29-22-7-6-20-21-13-17(21)15-36-24(20)25(22)37-26(31)32/h3-8,12,17-18,21,29,33H,9-11,13-15H2,1-2H3,(H,31,32)/b4-3-/t17-,18-,21-/m0/s1. The highest BCUT2D eigenvalue weighted by molar-refractivity contribution is 7.92. The third kappa shape index (κ3) is 5.50. The Morgan fingerprint density at radius 3 is 2.82 bits per heavy atom. The molecule has 1 aliphatic carbocycles. The van der Waals surface area contributed by atoms with Crippen LogP contribution < -0.4 is 14.2 Å². The molecule has 1 saturated heterocycles. The third-order valence-corrected chi connectivity index (χ3v) is 8.97. The molecule has 3 aliphatic rings. The SMILES string of the molecule is CC(C)(O)[C@H]1CCN(C/C=C\c2cc(F)ccc2S(=O)(=O)Nc2ccc3c(c2OC(=O)O)OC[C@@H]2C[C@H]32)C1. The molecule has 3 N–H and O–H groups in total. The molecule has 0 radical (unpaired) electrons. The van der Waals surface area contributed by atoms with Crippen LogP contribution in [0.15, 0.2) is 41.3 Å². The van der Waals surface area contributed by atoms with Gasteiger partial charge in [0.1, 0.15) is 5.82 Å². The normalized spacial score (nSPS) is 23.0. The minimum Gasteiger partial charge on any atom is -0.489 e. The summed E-state index contributed by atoms with van der Waals surface area (Å²) in [6, 6.07) is 6.53. The second kappa shape index (κ2) is 9.87. The summed E-state index contributed by atoms with van der Waals surface area (Å²) in [5.74, 6) is 0.169. The highest BCUT2D eigenvalue weighted by Gasteiger charge is 2.45. The molecule has 0 amide bonds. The molecule has 1 saturated carbocycles. The van der Waals surface area contributed by atoms with Gasteiger partial charge in [0.2, 0.25) is 5.75 Å². The minimum absolute atomic E-state index is 0.0840. The number of benzene rings is 2. The van der Waals surface area contributed by atoms with E-state index in [9.17, 15) is 27.8 Å². The van der Waals surface area contributed by atoms with E-state index in [2.05, 4.69) is 9.62 Å². The van der Waals surface area contributed by atoms with Crippen LogP contribution in [0, 0.1) is 17.7 Å². The molecule has 0 bridgehead atoms. The summed E-state index contributed by atoms with van der Waals surface area (Å²) in [4.78, 5) is 13.4. The number of nitrogens with one attached hydrogen (secondary N) is 1. The van der Waals surface area contributed by atoms with Crippen molar-refractivity contribution >= 4 is 27.9 Å². The molecule has 5 rings (SSSR count). The number of halogens is 1. The largest absolute Gasteiger partial charge is 0.511 e. The molecule has 2 fully saturated rings. The number of carbonyl (C=O) groups is 1. The third-order valence-electron chi connectivity index (χ3n) is 7.53. The summed E-state index contributed by atoms with van der Waals surface area (Å²) in [7, 11) is -4.27. The molecule has 3 atom stereocenters. The first-order chi connectivity index (χ1) is 17.9. The first-order valence-corrected chi connectivity index (χ1v) is 14.0. The molecule has 204 valence electrons. The van der Waals surface area contributed by atoms with E-state index >= 15 is 0 Å². The van der Waals surface area contributed by atoms with E-state index in [1.54, 1.807) is 32.1 Å². The van der Waals surface area contributed by atoms with Crippen molar-refractivity contribution in [2.45, 2.75) is 43.1 Å². The molecule has 2 heterocycles. The van der Waals surface area contributed by atoms with Crippen LogP contribution >= 0.6 is 0 Å². The highest BCUT2D eigenvalue weighted by atomic mass is 32.2. The molecule has 2 aromatic rings. The number of anilines is 1. The van der Waals surface area contributed by atoms with E-state index in [1.807, 2.05) is 0 Å². The second-order valence-electron chi connectivity index (χ2n) is 10.7. The first-order valence-electron chi connectivity index (χ1n) is 12.6. The molecule has 2 aromatic carbocycles. The number of sulfonamides is 1. The zero-order valence-electron chi connectivity index (χ0n) is 21.2. The van der Waals surface area contributed by atoms with Crippen LogP contribution in [0.25, 0.3) is 6.08 Å². The molecule has 2 aliphatic heterocycles. The van der Waals surface area contributed by atoms with Gasteiger partial charge in [0, 0.05) is 30.5 Å². The summed E-state index contributed by atoms with van der Waals surface area (Å²) in [5, 5.41) is 19.5. The van der Waals surface area contributed by atoms with E-state index in [0.29, 0.717) is 25.6 Å². The highest BCUT2D eigenvalue weighted by Crippen LogP contribution is 2.57. The smallest absolute Gasteiger partial charge is 0.489 e. The average Bonchev–Trinajstić information content (AvgIpc) is 3.47. The summed E-state index contributed by atoms with van der Waals surface area (Å²) >= 11 is 0. The number of likely N-dealkylation sites (tertiary alicyclic amines) is 1. The lowest BCUT2D eigenvalue weighted by Gasteiger charge is -2.25. The zero-order chi connectivity index (χ0) is 27.2. The van der Waals surface area contributed by atoms with Gasteiger partial charge in [-0.05, 0) is 69.0 Å². The quantitative estimate of drug-likeness (QED) is 0.331. The number of ether oxygens (including phenoxy) is 2. The van der Waals surface area contributed by atoms with Gasteiger partial charge in [-0.3, -0.25) is 9.62 Å². The van der Waals surface area contributed by atoms with Crippen molar-refractivity contribution in [3.63, 3.8) is 0 Å². The van der Waals surface area contributed by atoms with Gasteiger partial charge < -0.3 is 19.7 Å². The van der Waals surface area contributed by atoms with E-state index in [-0.39, 0.29) is 39.5 Å². The van der Waals surface area contributed by atoms with Gasteiger partial charge in [0.15, 0.2) is 5.75 Å². The molecule has 9 nitrogen and oxygen atoms in total. The van der Waals surface area contributed by atoms with Crippen LogP contribution in [-0.4, -0.2) is 61.5 Å². The van der Waals surface area contributed by atoms with Gasteiger partial charge in [-0.25, -0.2) is 17.6 Å². The van der Waals surface area contributed by atoms with Crippen molar-refractivity contribution in [2.24, 2.45) is 11.8 Å². The number of nitrogens with zero attached hydrogens (tertiary/aromatic N) is 1. The summed E-state index contributed by atoms with van der Waals surface area (Å²) < 4.78 is 54.1. The van der Waals surface area contributed by atoms with Crippen LogP contribution in [0.4, 0.5) is 14.9 Å². The molecule has 0 spiro atoms. The summed E-state index contributed by atoms with van der Waals surface area (Å²) in [6.45, 7) is 6.00. The Morgan fingerprint density at radius 1 is 1.32 bits per heavy atom. The van der Waals surface area contributed by atoms with Crippen molar-refractivity contribution in [2.75, 3.05) is 31.0 Å². The van der Waals surface area contributed by atoms with Gasteiger partial charge in [0.25, 0.3) is 10.0 Å². The Bertz CT molecular complexity index is 1390. The van der Waals surface area contributed by atoms with Gasteiger partial charge in [-0.2, -0.15) is 0 Å². The predicted octanol–water partition coefficient (Wildman–Crippen LogP) is 4.29. The van der Waals surface area contributed by atoms with Gasteiger partial charge in [-0.1, -0.05) is 18.2 Å². The lowest BCUT2D eigenvalue weighted by molar-refractivity contribution is 0.0215. The minimum atomic E-state index is -4.27. The molecular formula is C27H31FN2O7S. The van der Waals surface area contributed by atoms with Crippen LogP contribution in [-0.2, 0) is 10.0 Å². The fourth-order valence-electron chi connectivity index (χ4n) is 5.29. The Morgan fingerprint density at radius 2 is 2.11 bits per heavy atom. The topological polar surface area (TPSA) is 125 Å². The van der Waals surface area contributed by atoms with Crippen molar-refractivity contribution in [3.05, 3.63) is 53.4 Å². The zero-order valence-corrected chi connectivity index (χ0v) is 22.0. The summed E-state index contributed by atoms with van der Waals surface area (Å²) in [6.07, 6.45) is 3.49. The Labute approximate surface area is 220 Å². The van der Waals surface area contributed by atoms with E-state index in [0.717, 1.165) is 37.1 Å². The van der Waals surface area contributed by atoms with Crippen molar-refractivity contribution in [1.29, 1.82) is 0 Å². The molecule has 0 aromatic heterocycles. The number of hydrogen-bond acceptors (Lipinski definition) is 7. The Balaban J connectivity index is 1.39. The maximum absolute atomic E-state index is 14.1. The monoisotopic (exact) mass is 546 g/mol. The number of aliphatic hydroxyl groups is 1. The molecule has 0 unspecified atom stereocenters. The van der Waals surface area contributed by atoms with Gasteiger partial charge in [0.05, 0.1) is 22.8 Å².